The van der Waals surface area contributed by atoms with Gasteiger partial charge in [-0.3, -0.25) is 9.59 Å². The first-order chi connectivity index (χ1) is 17.8. The van der Waals surface area contributed by atoms with Crippen LogP contribution in [0.25, 0.3) is 10.9 Å². The van der Waals surface area contributed by atoms with Crippen LogP contribution in [0.4, 0.5) is 10.1 Å². The van der Waals surface area contributed by atoms with E-state index in [-0.39, 0.29) is 30.6 Å². The predicted octanol–water partition coefficient (Wildman–Crippen LogP) is 3.04. The molecule has 10 nitrogen and oxygen atoms in total. The summed E-state index contributed by atoms with van der Waals surface area (Å²) in [4.78, 5) is 50.4. The molecule has 2 N–H and O–H groups in total. The number of anilines is 1. The van der Waals surface area contributed by atoms with Gasteiger partial charge in [0, 0.05) is 44.2 Å². The zero-order chi connectivity index (χ0) is 26.9. The molecule has 0 saturated carbocycles. The number of carbonyl (C=O) groups excluding carboxylic acids is 2. The minimum Gasteiger partial charge on any atom is -0.477 e. The van der Waals surface area contributed by atoms with Crippen molar-refractivity contribution in [1.82, 2.24) is 9.88 Å². The third kappa shape index (κ3) is 6.85. The number of pyridine rings is 1. The monoisotopic (exact) mass is 519 g/mol. The van der Waals surface area contributed by atoms with E-state index in [2.05, 4.69) is 12.2 Å². The Hall–Kier alpha value is -3.47. The third-order valence-electron chi connectivity index (χ3n) is 6.45. The van der Waals surface area contributed by atoms with Crippen LogP contribution in [0.5, 0.6) is 0 Å². The molecule has 2 aromatic rings. The van der Waals surface area contributed by atoms with Crippen LogP contribution in [0.2, 0.25) is 0 Å². The van der Waals surface area contributed by atoms with E-state index in [0.717, 1.165) is 31.7 Å². The number of hydrogen-bond acceptors (Lipinski definition) is 8. The highest BCUT2D eigenvalue weighted by molar-refractivity contribution is 5.94. The molecule has 1 unspecified atom stereocenters. The van der Waals surface area contributed by atoms with Crippen molar-refractivity contribution in [2.45, 2.75) is 65.0 Å². The van der Waals surface area contributed by atoms with Gasteiger partial charge >= 0.3 is 17.9 Å². The Labute approximate surface area is 214 Å². The quantitative estimate of drug-likeness (QED) is 0.247. The van der Waals surface area contributed by atoms with E-state index >= 15 is 4.39 Å². The van der Waals surface area contributed by atoms with Crippen molar-refractivity contribution in [3.8, 4) is 0 Å². The molecule has 0 amide bonds. The number of rotatable bonds is 12. The zero-order valence-electron chi connectivity index (χ0n) is 21.3. The molecule has 2 heterocycles. The van der Waals surface area contributed by atoms with E-state index in [1.54, 1.807) is 16.4 Å². The second-order valence-electron chi connectivity index (χ2n) is 8.96. The first-order valence-corrected chi connectivity index (χ1v) is 12.7. The van der Waals surface area contributed by atoms with Gasteiger partial charge in [0.2, 0.25) is 12.2 Å². The number of carboxylic acid groups (broad SMARTS) is 1. The lowest BCUT2D eigenvalue weighted by Crippen LogP contribution is -2.56. The van der Waals surface area contributed by atoms with Gasteiger partial charge in [-0.25, -0.2) is 14.0 Å². The Bertz CT molecular complexity index is 1200. The SMILES string of the molecule is CCCCCCCC(=O)OCOC(=O)C1CNCCN1c1cc2c(cc1F)c(=O)c(C(=O)O)cn2CC. The topological polar surface area (TPSA) is 127 Å². The number of hydrogen-bond donors (Lipinski definition) is 2. The summed E-state index contributed by atoms with van der Waals surface area (Å²) in [5.41, 5.74) is -0.779. The highest BCUT2D eigenvalue weighted by atomic mass is 19.1. The third-order valence-corrected chi connectivity index (χ3v) is 6.45. The summed E-state index contributed by atoms with van der Waals surface area (Å²) in [6.07, 6.45) is 6.43. The summed E-state index contributed by atoms with van der Waals surface area (Å²) >= 11 is 0. The summed E-state index contributed by atoms with van der Waals surface area (Å²) in [7, 11) is 0. The predicted molar refractivity (Wildman–Crippen MR) is 135 cm³/mol. The van der Waals surface area contributed by atoms with E-state index < -0.39 is 47.6 Å². The number of aromatic carboxylic acids is 1. The summed E-state index contributed by atoms with van der Waals surface area (Å²) in [6.45, 7) is 4.65. The van der Waals surface area contributed by atoms with Gasteiger partial charge in [0.25, 0.3) is 0 Å². The molecule has 1 saturated heterocycles. The zero-order valence-corrected chi connectivity index (χ0v) is 21.3. The molecule has 1 aromatic carbocycles. The molecule has 37 heavy (non-hydrogen) atoms. The lowest BCUT2D eigenvalue weighted by atomic mass is 10.1. The van der Waals surface area contributed by atoms with E-state index in [4.69, 9.17) is 9.47 Å². The molecule has 11 heteroatoms. The number of esters is 2. The minimum atomic E-state index is -1.39. The fraction of sp³-hybridized carbons (Fsp3) is 0.538. The molecule has 1 aromatic heterocycles. The summed E-state index contributed by atoms with van der Waals surface area (Å²) in [5, 5.41) is 12.4. The Morgan fingerprint density at radius 1 is 1.14 bits per heavy atom. The van der Waals surface area contributed by atoms with Crippen LogP contribution < -0.4 is 15.6 Å². The Kier molecular flexibility index (Phi) is 10.0. The van der Waals surface area contributed by atoms with Gasteiger partial charge in [0.15, 0.2) is 0 Å². The van der Waals surface area contributed by atoms with Gasteiger partial charge in [-0.2, -0.15) is 0 Å². The van der Waals surface area contributed by atoms with Crippen LogP contribution in [0.1, 0.15) is 62.7 Å². The molecule has 1 aliphatic rings. The van der Waals surface area contributed by atoms with Crippen LogP contribution in [0, 0.1) is 5.82 Å². The Morgan fingerprint density at radius 3 is 2.59 bits per heavy atom. The van der Waals surface area contributed by atoms with Crippen molar-refractivity contribution in [3.05, 3.63) is 39.9 Å². The van der Waals surface area contributed by atoms with Crippen LogP contribution in [-0.4, -0.2) is 60.1 Å². The van der Waals surface area contributed by atoms with E-state index in [1.165, 1.54) is 12.3 Å². The molecule has 0 aliphatic carbocycles. The molecular formula is C26H34FN3O7. The lowest BCUT2D eigenvalue weighted by molar-refractivity contribution is -0.168. The smallest absolute Gasteiger partial charge is 0.341 e. The van der Waals surface area contributed by atoms with Crippen molar-refractivity contribution in [2.24, 2.45) is 0 Å². The van der Waals surface area contributed by atoms with Gasteiger partial charge in [0.05, 0.1) is 11.2 Å². The highest BCUT2D eigenvalue weighted by Crippen LogP contribution is 2.28. The number of halogens is 1. The molecule has 0 bridgehead atoms. The number of ether oxygens (including phenoxy) is 2. The normalized spacial score (nSPS) is 15.5. The fourth-order valence-electron chi connectivity index (χ4n) is 4.43. The average Bonchev–Trinajstić information content (AvgIpc) is 2.88. The number of carboxylic acids is 1. The number of fused-ring (bicyclic) bond motifs is 1. The Balaban J connectivity index is 1.74. The van der Waals surface area contributed by atoms with Crippen molar-refractivity contribution in [3.63, 3.8) is 0 Å². The largest absolute Gasteiger partial charge is 0.477 e. The maximum Gasteiger partial charge on any atom is 0.341 e. The first-order valence-electron chi connectivity index (χ1n) is 12.7. The van der Waals surface area contributed by atoms with Gasteiger partial charge in [-0.05, 0) is 25.5 Å². The fourth-order valence-corrected chi connectivity index (χ4v) is 4.43. The molecule has 3 rings (SSSR count). The lowest BCUT2D eigenvalue weighted by Gasteiger charge is -2.36. The molecule has 1 fully saturated rings. The van der Waals surface area contributed by atoms with Crippen molar-refractivity contribution in [1.29, 1.82) is 0 Å². The van der Waals surface area contributed by atoms with Gasteiger partial charge < -0.3 is 29.4 Å². The van der Waals surface area contributed by atoms with Crippen LogP contribution in [0.3, 0.4) is 0 Å². The number of aryl methyl sites for hydroxylation is 1. The second kappa shape index (κ2) is 13.2. The van der Waals surface area contributed by atoms with Gasteiger partial charge in [0.1, 0.15) is 17.4 Å². The van der Waals surface area contributed by atoms with Crippen LogP contribution in [0.15, 0.2) is 23.1 Å². The van der Waals surface area contributed by atoms with Crippen LogP contribution in [-0.2, 0) is 25.6 Å². The number of benzene rings is 1. The summed E-state index contributed by atoms with van der Waals surface area (Å²) in [6, 6.07) is 1.57. The first kappa shape index (κ1) is 28.1. The van der Waals surface area contributed by atoms with Gasteiger partial charge in [-0.15, -0.1) is 0 Å². The van der Waals surface area contributed by atoms with Gasteiger partial charge in [-0.1, -0.05) is 32.6 Å². The van der Waals surface area contributed by atoms with Crippen LogP contribution >= 0.6 is 0 Å². The van der Waals surface area contributed by atoms with E-state index in [1.807, 2.05) is 0 Å². The number of nitrogens with zero attached hydrogens (tertiary/aromatic N) is 2. The van der Waals surface area contributed by atoms with Crippen molar-refractivity contribution >= 4 is 34.5 Å². The maximum atomic E-state index is 15.3. The van der Waals surface area contributed by atoms with Crippen molar-refractivity contribution < 1.29 is 33.4 Å². The number of aromatic nitrogens is 1. The highest BCUT2D eigenvalue weighted by Gasteiger charge is 2.32. The molecule has 0 radical (unpaired) electrons. The minimum absolute atomic E-state index is 0.0566. The summed E-state index contributed by atoms with van der Waals surface area (Å²) < 4.78 is 27.0. The maximum absolute atomic E-state index is 15.3. The number of piperazine rings is 1. The molecule has 202 valence electrons. The van der Waals surface area contributed by atoms with Crippen molar-refractivity contribution in [2.75, 3.05) is 31.3 Å². The number of nitrogens with one attached hydrogen (secondary N) is 1. The Morgan fingerprint density at radius 2 is 1.89 bits per heavy atom. The summed E-state index contributed by atoms with van der Waals surface area (Å²) in [5.74, 6) is -3.28. The number of unbranched alkanes of at least 4 members (excludes halogenated alkanes) is 4. The average molecular weight is 520 g/mol. The van der Waals surface area contributed by atoms with E-state index in [9.17, 15) is 24.3 Å². The molecule has 0 spiro atoms. The number of carbonyl (C=O) groups is 3. The molecule has 1 atom stereocenters. The standard InChI is InChI=1S/C26H34FN3O7/c1-3-5-6-7-8-9-23(31)36-16-37-26(35)22-14-28-10-11-30(22)21-13-20-17(12-19(21)27)24(32)18(25(33)34)15-29(20)4-2/h12-13,15,22,28H,3-11,14,16H2,1-2H3,(H,33,34). The second-order valence-corrected chi connectivity index (χ2v) is 8.96. The molecule has 1 aliphatic heterocycles. The molecular weight excluding hydrogens is 485 g/mol. The van der Waals surface area contributed by atoms with E-state index in [0.29, 0.717) is 25.0 Å².